The first-order valence-electron chi connectivity index (χ1n) is 4.56. The summed E-state index contributed by atoms with van der Waals surface area (Å²) >= 11 is 17.7. The van der Waals surface area contributed by atoms with Gasteiger partial charge in [0.1, 0.15) is 0 Å². The van der Waals surface area contributed by atoms with Crippen LogP contribution in [0.25, 0.3) is 6.08 Å². The van der Waals surface area contributed by atoms with Crippen molar-refractivity contribution >= 4 is 46.8 Å². The number of amides is 1. The van der Waals surface area contributed by atoms with Crippen molar-refractivity contribution in [3.8, 4) is 0 Å². The molecule has 1 aromatic carbocycles. The van der Waals surface area contributed by atoms with Gasteiger partial charge in [-0.2, -0.15) is 0 Å². The molecule has 0 aliphatic rings. The Labute approximate surface area is 109 Å². The number of hydrogen-bond donors (Lipinski definition) is 1. The van der Waals surface area contributed by atoms with E-state index < -0.39 is 0 Å². The zero-order valence-corrected chi connectivity index (χ0v) is 10.8. The minimum absolute atomic E-state index is 0.0835. The van der Waals surface area contributed by atoms with E-state index in [1.807, 2.05) is 0 Å². The molecule has 0 unspecified atom stereocenters. The molecule has 16 heavy (non-hydrogen) atoms. The molecule has 0 aromatic heterocycles. The molecule has 1 aromatic rings. The van der Waals surface area contributed by atoms with Gasteiger partial charge in [0.05, 0.1) is 10.0 Å². The first kappa shape index (κ1) is 13.4. The third kappa shape index (κ3) is 4.05. The summed E-state index contributed by atoms with van der Waals surface area (Å²) in [7, 11) is 0. The molecular formula is C11H10Cl3NO. The molecule has 0 aliphatic heterocycles. The molecule has 0 saturated carbocycles. The van der Waals surface area contributed by atoms with Crippen LogP contribution in [0.3, 0.4) is 0 Å². The summed E-state index contributed by atoms with van der Waals surface area (Å²) in [5.74, 6) is -0.0835. The van der Waals surface area contributed by atoms with Crippen LogP contribution in [0, 0.1) is 0 Å². The number of benzene rings is 1. The number of carbonyl (C=O) groups is 1. The van der Waals surface area contributed by atoms with E-state index in [0.717, 1.165) is 5.56 Å². The second-order valence-corrected chi connectivity index (χ2v) is 4.35. The summed E-state index contributed by atoms with van der Waals surface area (Å²) in [6.45, 7) is 1.90. The molecule has 2 nitrogen and oxygen atoms in total. The summed E-state index contributed by atoms with van der Waals surface area (Å²) < 4.78 is 0. The third-order valence-electron chi connectivity index (χ3n) is 1.79. The van der Waals surface area contributed by atoms with Crippen LogP contribution in [-0.2, 0) is 4.79 Å². The third-order valence-corrected chi connectivity index (χ3v) is 2.82. The zero-order chi connectivity index (χ0) is 12.1. The molecule has 0 saturated heterocycles. The highest BCUT2D eigenvalue weighted by atomic mass is 35.5. The van der Waals surface area contributed by atoms with Crippen molar-refractivity contribution in [2.45, 2.75) is 6.92 Å². The fourth-order valence-electron chi connectivity index (χ4n) is 1.09. The smallest absolute Gasteiger partial charge is 0.217 e. The Kier molecular flexibility index (Phi) is 5.13. The molecule has 0 spiro atoms. The van der Waals surface area contributed by atoms with Crippen molar-refractivity contribution < 1.29 is 4.79 Å². The van der Waals surface area contributed by atoms with E-state index >= 15 is 0 Å². The Morgan fingerprint density at radius 3 is 2.69 bits per heavy atom. The summed E-state index contributed by atoms with van der Waals surface area (Å²) in [6.07, 6.45) is 3.53. The normalized spacial score (nSPS) is 10.8. The van der Waals surface area contributed by atoms with Crippen LogP contribution in [0.5, 0.6) is 0 Å². The summed E-state index contributed by atoms with van der Waals surface area (Å²) in [4.78, 5) is 10.6. The lowest BCUT2D eigenvalue weighted by molar-refractivity contribution is -0.118. The van der Waals surface area contributed by atoms with Gasteiger partial charge >= 0.3 is 0 Å². The van der Waals surface area contributed by atoms with E-state index in [2.05, 4.69) is 5.32 Å². The average Bonchev–Trinajstić information content (AvgIpc) is 2.19. The Hall–Kier alpha value is -0.700. The SMILES string of the molecule is CC(=O)NCC=Cc1cc(Cl)cc(Cl)c1Cl. The van der Waals surface area contributed by atoms with Gasteiger partial charge in [0.2, 0.25) is 5.91 Å². The van der Waals surface area contributed by atoms with Crippen LogP contribution in [-0.4, -0.2) is 12.5 Å². The Morgan fingerprint density at radius 2 is 2.06 bits per heavy atom. The van der Waals surface area contributed by atoms with Crippen molar-refractivity contribution in [2.24, 2.45) is 0 Å². The van der Waals surface area contributed by atoms with Crippen LogP contribution in [0.2, 0.25) is 15.1 Å². The highest BCUT2D eigenvalue weighted by Gasteiger charge is 2.03. The monoisotopic (exact) mass is 277 g/mol. The van der Waals surface area contributed by atoms with E-state index in [9.17, 15) is 4.79 Å². The predicted molar refractivity (Wildman–Crippen MR) is 69.2 cm³/mol. The molecule has 5 heteroatoms. The topological polar surface area (TPSA) is 29.1 Å². The second kappa shape index (κ2) is 6.14. The van der Waals surface area contributed by atoms with E-state index in [1.54, 1.807) is 24.3 Å². The minimum Gasteiger partial charge on any atom is -0.353 e. The maximum Gasteiger partial charge on any atom is 0.217 e. The molecule has 86 valence electrons. The number of rotatable bonds is 3. The molecular weight excluding hydrogens is 268 g/mol. The standard InChI is InChI=1S/C11H10Cl3NO/c1-7(16)15-4-2-3-8-5-9(12)6-10(13)11(8)14/h2-3,5-6H,4H2,1H3,(H,15,16). The first-order chi connectivity index (χ1) is 7.50. The lowest BCUT2D eigenvalue weighted by Gasteiger charge is -2.02. The maximum atomic E-state index is 10.6. The van der Waals surface area contributed by atoms with Gasteiger partial charge < -0.3 is 5.32 Å². The molecule has 0 atom stereocenters. The lowest BCUT2D eigenvalue weighted by atomic mass is 10.2. The van der Waals surface area contributed by atoms with E-state index in [0.29, 0.717) is 21.6 Å². The Bertz CT molecular complexity index is 429. The summed E-state index contributed by atoms with van der Waals surface area (Å²) in [6, 6.07) is 3.29. The molecule has 0 fully saturated rings. The molecule has 1 amide bonds. The minimum atomic E-state index is -0.0835. The molecule has 0 heterocycles. The van der Waals surface area contributed by atoms with Crippen LogP contribution in [0.4, 0.5) is 0 Å². The number of hydrogen-bond acceptors (Lipinski definition) is 1. The zero-order valence-electron chi connectivity index (χ0n) is 8.56. The van der Waals surface area contributed by atoms with Crippen LogP contribution >= 0.6 is 34.8 Å². The van der Waals surface area contributed by atoms with Gasteiger partial charge in [-0.05, 0) is 17.7 Å². The van der Waals surface area contributed by atoms with Gasteiger partial charge in [-0.3, -0.25) is 4.79 Å². The van der Waals surface area contributed by atoms with Crippen LogP contribution in [0.15, 0.2) is 18.2 Å². The van der Waals surface area contributed by atoms with Gasteiger partial charge in [0.15, 0.2) is 0 Å². The van der Waals surface area contributed by atoms with E-state index in [-0.39, 0.29) is 5.91 Å². The maximum absolute atomic E-state index is 10.6. The van der Waals surface area contributed by atoms with Gasteiger partial charge in [-0.1, -0.05) is 47.0 Å². The highest BCUT2D eigenvalue weighted by Crippen LogP contribution is 2.30. The highest BCUT2D eigenvalue weighted by molar-refractivity contribution is 6.44. The number of halogens is 3. The molecule has 0 bridgehead atoms. The summed E-state index contributed by atoms with van der Waals surface area (Å²) in [5, 5.41) is 4.01. The van der Waals surface area contributed by atoms with Gasteiger partial charge in [-0.25, -0.2) is 0 Å². The van der Waals surface area contributed by atoms with Crippen molar-refractivity contribution in [3.05, 3.63) is 38.8 Å². The lowest BCUT2D eigenvalue weighted by Crippen LogP contribution is -2.19. The van der Waals surface area contributed by atoms with Crippen LogP contribution in [0.1, 0.15) is 12.5 Å². The van der Waals surface area contributed by atoms with Crippen molar-refractivity contribution in [2.75, 3.05) is 6.54 Å². The van der Waals surface area contributed by atoms with Crippen LogP contribution < -0.4 is 5.32 Å². The predicted octanol–water partition coefficient (Wildman–Crippen LogP) is 3.80. The first-order valence-corrected chi connectivity index (χ1v) is 5.69. The molecule has 0 aliphatic carbocycles. The number of carbonyl (C=O) groups excluding carboxylic acids is 1. The Morgan fingerprint density at radius 1 is 1.38 bits per heavy atom. The largest absolute Gasteiger partial charge is 0.353 e. The van der Waals surface area contributed by atoms with Gasteiger partial charge in [0, 0.05) is 18.5 Å². The quantitative estimate of drug-likeness (QED) is 0.837. The second-order valence-electron chi connectivity index (χ2n) is 3.13. The number of nitrogens with one attached hydrogen (secondary N) is 1. The van der Waals surface area contributed by atoms with Crippen molar-refractivity contribution in [3.63, 3.8) is 0 Å². The van der Waals surface area contributed by atoms with Gasteiger partial charge in [-0.15, -0.1) is 0 Å². The van der Waals surface area contributed by atoms with E-state index in [1.165, 1.54) is 6.92 Å². The van der Waals surface area contributed by atoms with Crippen molar-refractivity contribution in [1.29, 1.82) is 0 Å². The fourth-order valence-corrected chi connectivity index (χ4v) is 1.77. The average molecular weight is 279 g/mol. The summed E-state index contributed by atoms with van der Waals surface area (Å²) in [5.41, 5.74) is 0.726. The van der Waals surface area contributed by atoms with Gasteiger partial charge in [0.25, 0.3) is 0 Å². The molecule has 1 N–H and O–H groups in total. The van der Waals surface area contributed by atoms with E-state index in [4.69, 9.17) is 34.8 Å². The molecule has 1 rings (SSSR count). The Balaban J connectivity index is 2.77. The molecule has 0 radical (unpaired) electrons. The fraction of sp³-hybridized carbons (Fsp3) is 0.182. The van der Waals surface area contributed by atoms with Crippen molar-refractivity contribution in [1.82, 2.24) is 5.32 Å².